The Bertz CT molecular complexity index is 576. The van der Waals surface area contributed by atoms with Crippen LogP contribution in [-0.4, -0.2) is 43.1 Å². The van der Waals surface area contributed by atoms with Gasteiger partial charge in [-0.15, -0.1) is 0 Å². The van der Waals surface area contributed by atoms with E-state index in [-0.39, 0.29) is 17.8 Å². The van der Waals surface area contributed by atoms with Crippen LogP contribution in [0.4, 0.5) is 0 Å². The number of ether oxygens (including phenoxy) is 2. The molecule has 0 radical (unpaired) electrons. The van der Waals surface area contributed by atoms with Crippen molar-refractivity contribution in [1.82, 2.24) is 4.90 Å². The van der Waals surface area contributed by atoms with Crippen LogP contribution in [0.1, 0.15) is 30.9 Å². The predicted molar refractivity (Wildman–Crippen MR) is 87.3 cm³/mol. The number of carbonyl (C=O) groups is 2. The molecule has 1 aliphatic heterocycles. The molecule has 126 valence electrons. The molecule has 1 aromatic rings. The largest absolute Gasteiger partial charge is 0.481 e. The summed E-state index contributed by atoms with van der Waals surface area (Å²) in [7, 11) is 1.40. The first-order chi connectivity index (χ1) is 10.9. The van der Waals surface area contributed by atoms with Gasteiger partial charge in [0.25, 0.3) is 5.91 Å². The minimum absolute atomic E-state index is 0.0356. The Morgan fingerprint density at radius 3 is 2.39 bits per heavy atom. The molecule has 0 spiro atoms. The summed E-state index contributed by atoms with van der Waals surface area (Å²) in [5.74, 6) is 0.390. The normalized spacial score (nSPS) is 16.8. The van der Waals surface area contributed by atoms with Crippen molar-refractivity contribution in [3.8, 4) is 5.75 Å². The van der Waals surface area contributed by atoms with Gasteiger partial charge in [0.15, 0.2) is 6.10 Å². The fourth-order valence-corrected chi connectivity index (χ4v) is 2.80. The van der Waals surface area contributed by atoms with Crippen LogP contribution in [-0.2, 0) is 14.3 Å². The maximum absolute atomic E-state index is 12.5. The summed E-state index contributed by atoms with van der Waals surface area (Å²) >= 11 is 0. The van der Waals surface area contributed by atoms with Crippen LogP contribution in [0.15, 0.2) is 18.2 Å². The van der Waals surface area contributed by atoms with Gasteiger partial charge in [-0.2, -0.15) is 0 Å². The van der Waals surface area contributed by atoms with E-state index < -0.39 is 6.10 Å². The number of amides is 1. The van der Waals surface area contributed by atoms with E-state index in [1.54, 1.807) is 11.8 Å². The van der Waals surface area contributed by atoms with Crippen LogP contribution in [0.25, 0.3) is 0 Å². The lowest BCUT2D eigenvalue weighted by Gasteiger charge is -2.32. The van der Waals surface area contributed by atoms with Gasteiger partial charge in [-0.05, 0) is 56.9 Å². The molecule has 5 heteroatoms. The summed E-state index contributed by atoms with van der Waals surface area (Å²) in [5, 5.41) is 0. The lowest BCUT2D eigenvalue weighted by molar-refractivity contribution is -0.150. The van der Waals surface area contributed by atoms with Crippen molar-refractivity contribution in [2.45, 2.75) is 39.7 Å². The molecule has 0 unspecified atom stereocenters. The molecule has 5 nitrogen and oxygen atoms in total. The maximum atomic E-state index is 12.5. The number of rotatable bonds is 4. The van der Waals surface area contributed by atoms with Crippen LogP contribution in [0.3, 0.4) is 0 Å². The van der Waals surface area contributed by atoms with E-state index in [0.717, 1.165) is 5.56 Å². The van der Waals surface area contributed by atoms with Gasteiger partial charge in [0.1, 0.15) is 5.75 Å². The number of esters is 1. The van der Waals surface area contributed by atoms with Gasteiger partial charge in [-0.1, -0.05) is 6.07 Å². The number of aryl methyl sites for hydroxylation is 2. The first-order valence-electron chi connectivity index (χ1n) is 8.03. The summed E-state index contributed by atoms with van der Waals surface area (Å²) in [4.78, 5) is 25.8. The zero-order valence-corrected chi connectivity index (χ0v) is 14.3. The highest BCUT2D eigenvalue weighted by Crippen LogP contribution is 2.21. The highest BCUT2D eigenvalue weighted by Gasteiger charge is 2.30. The van der Waals surface area contributed by atoms with Gasteiger partial charge in [-0.25, -0.2) is 0 Å². The second kappa shape index (κ2) is 7.49. The summed E-state index contributed by atoms with van der Waals surface area (Å²) in [6, 6.07) is 5.82. The Kier molecular flexibility index (Phi) is 5.64. The van der Waals surface area contributed by atoms with Crippen molar-refractivity contribution >= 4 is 11.9 Å². The highest BCUT2D eigenvalue weighted by atomic mass is 16.5. The third-order valence-corrected chi connectivity index (χ3v) is 4.48. The number of methoxy groups -OCH3 is 1. The molecule has 1 aliphatic rings. The van der Waals surface area contributed by atoms with Crippen LogP contribution < -0.4 is 4.74 Å². The van der Waals surface area contributed by atoms with Crippen molar-refractivity contribution in [2.75, 3.05) is 20.2 Å². The van der Waals surface area contributed by atoms with E-state index >= 15 is 0 Å². The number of benzene rings is 1. The molecule has 1 amide bonds. The monoisotopic (exact) mass is 319 g/mol. The smallest absolute Gasteiger partial charge is 0.308 e. The first-order valence-corrected chi connectivity index (χ1v) is 8.03. The average molecular weight is 319 g/mol. The molecule has 2 rings (SSSR count). The number of nitrogens with zero attached hydrogens (tertiary/aromatic N) is 1. The van der Waals surface area contributed by atoms with Gasteiger partial charge in [0.2, 0.25) is 0 Å². The third-order valence-electron chi connectivity index (χ3n) is 4.48. The zero-order chi connectivity index (χ0) is 17.0. The second-order valence-electron chi connectivity index (χ2n) is 6.13. The fourth-order valence-electron chi connectivity index (χ4n) is 2.80. The average Bonchev–Trinajstić information content (AvgIpc) is 2.57. The van der Waals surface area contributed by atoms with Crippen molar-refractivity contribution in [3.05, 3.63) is 29.3 Å². The van der Waals surface area contributed by atoms with Gasteiger partial charge in [0, 0.05) is 13.1 Å². The molecule has 1 heterocycles. The van der Waals surface area contributed by atoms with E-state index in [1.807, 2.05) is 32.0 Å². The third kappa shape index (κ3) is 4.24. The Morgan fingerprint density at radius 1 is 1.17 bits per heavy atom. The van der Waals surface area contributed by atoms with E-state index in [2.05, 4.69) is 0 Å². The maximum Gasteiger partial charge on any atom is 0.308 e. The van der Waals surface area contributed by atoms with E-state index in [1.165, 1.54) is 12.7 Å². The highest BCUT2D eigenvalue weighted by molar-refractivity contribution is 5.81. The Labute approximate surface area is 137 Å². The van der Waals surface area contributed by atoms with Crippen molar-refractivity contribution in [2.24, 2.45) is 5.92 Å². The van der Waals surface area contributed by atoms with Crippen molar-refractivity contribution in [3.63, 3.8) is 0 Å². The number of piperidine rings is 1. The van der Waals surface area contributed by atoms with E-state index in [9.17, 15) is 9.59 Å². The minimum Gasteiger partial charge on any atom is -0.481 e. The quantitative estimate of drug-likeness (QED) is 0.800. The topological polar surface area (TPSA) is 55.8 Å². The SMILES string of the molecule is COC(=O)C1CCN(C(=O)[C@H](C)Oc2ccc(C)c(C)c2)CC1. The summed E-state index contributed by atoms with van der Waals surface area (Å²) in [6.45, 7) is 6.97. The molecule has 0 bridgehead atoms. The summed E-state index contributed by atoms with van der Waals surface area (Å²) in [5.41, 5.74) is 2.34. The van der Waals surface area contributed by atoms with E-state index in [4.69, 9.17) is 9.47 Å². The molecular weight excluding hydrogens is 294 g/mol. The lowest BCUT2D eigenvalue weighted by Crippen LogP contribution is -2.45. The fraction of sp³-hybridized carbons (Fsp3) is 0.556. The van der Waals surface area contributed by atoms with Gasteiger partial charge in [-0.3, -0.25) is 9.59 Å². The van der Waals surface area contributed by atoms with Crippen molar-refractivity contribution < 1.29 is 19.1 Å². The summed E-state index contributed by atoms with van der Waals surface area (Å²) in [6.07, 6.45) is 0.760. The number of likely N-dealkylation sites (tertiary alicyclic amines) is 1. The van der Waals surface area contributed by atoms with Gasteiger partial charge in [0.05, 0.1) is 13.0 Å². The van der Waals surface area contributed by atoms with Crippen LogP contribution >= 0.6 is 0 Å². The molecule has 0 saturated carbocycles. The first kappa shape index (κ1) is 17.3. The Morgan fingerprint density at radius 2 is 1.83 bits per heavy atom. The predicted octanol–water partition coefficient (Wildman–Crippen LogP) is 2.48. The molecule has 0 N–H and O–H groups in total. The van der Waals surface area contributed by atoms with Crippen LogP contribution in [0, 0.1) is 19.8 Å². The second-order valence-corrected chi connectivity index (χ2v) is 6.13. The molecule has 0 aliphatic carbocycles. The molecule has 1 fully saturated rings. The summed E-state index contributed by atoms with van der Waals surface area (Å²) < 4.78 is 10.5. The van der Waals surface area contributed by atoms with Crippen LogP contribution in [0.2, 0.25) is 0 Å². The van der Waals surface area contributed by atoms with E-state index in [0.29, 0.717) is 31.7 Å². The number of hydrogen-bond donors (Lipinski definition) is 0. The standard InChI is InChI=1S/C18H25NO4/c1-12-5-6-16(11-13(12)2)23-14(3)17(20)19-9-7-15(8-10-19)18(21)22-4/h5-6,11,14-15H,7-10H2,1-4H3/t14-/m0/s1. The van der Waals surface area contributed by atoms with Gasteiger partial charge < -0.3 is 14.4 Å². The molecule has 1 aromatic carbocycles. The Balaban J connectivity index is 1.90. The molecule has 1 atom stereocenters. The van der Waals surface area contributed by atoms with Gasteiger partial charge >= 0.3 is 5.97 Å². The molecule has 0 aromatic heterocycles. The zero-order valence-electron chi connectivity index (χ0n) is 14.3. The van der Waals surface area contributed by atoms with Crippen molar-refractivity contribution in [1.29, 1.82) is 0 Å². The number of hydrogen-bond acceptors (Lipinski definition) is 4. The molecule has 1 saturated heterocycles. The number of carbonyl (C=O) groups excluding carboxylic acids is 2. The molecular formula is C18H25NO4. The van der Waals surface area contributed by atoms with Crippen LogP contribution in [0.5, 0.6) is 5.75 Å². The minimum atomic E-state index is -0.535. The Hall–Kier alpha value is -2.04. The molecule has 23 heavy (non-hydrogen) atoms. The lowest BCUT2D eigenvalue weighted by atomic mass is 9.97.